The van der Waals surface area contributed by atoms with E-state index in [2.05, 4.69) is 15.2 Å². The highest BCUT2D eigenvalue weighted by Crippen LogP contribution is 2.20. The summed E-state index contributed by atoms with van der Waals surface area (Å²) < 4.78 is 7.40. The SMILES string of the molecule is CC(C)(C(=O)N[C@H](Cn1ccnc1)c1ccccc1)N1CCOCC1. The molecule has 1 aromatic heterocycles. The molecule has 6 heteroatoms. The first-order chi connectivity index (χ1) is 12.1. The Hall–Kier alpha value is -2.18. The molecule has 2 heterocycles. The third-order valence-electron chi connectivity index (χ3n) is 4.82. The maximum absolute atomic E-state index is 13.1. The van der Waals surface area contributed by atoms with Gasteiger partial charge in [-0.05, 0) is 19.4 Å². The Labute approximate surface area is 148 Å². The monoisotopic (exact) mass is 342 g/mol. The zero-order valence-corrected chi connectivity index (χ0v) is 14.9. The first-order valence-electron chi connectivity index (χ1n) is 8.72. The lowest BCUT2D eigenvalue weighted by Gasteiger charge is -2.40. The normalized spacial score (nSPS) is 17.2. The summed E-state index contributed by atoms with van der Waals surface area (Å²) in [7, 11) is 0. The average molecular weight is 342 g/mol. The van der Waals surface area contributed by atoms with Crippen molar-refractivity contribution in [1.82, 2.24) is 19.8 Å². The van der Waals surface area contributed by atoms with E-state index in [1.807, 2.05) is 54.9 Å². The Kier molecular flexibility index (Phi) is 5.50. The fourth-order valence-electron chi connectivity index (χ4n) is 3.13. The number of nitrogens with zero attached hydrogens (tertiary/aromatic N) is 3. The molecule has 0 aliphatic carbocycles. The molecule has 0 bridgehead atoms. The largest absolute Gasteiger partial charge is 0.379 e. The molecule has 0 saturated carbocycles. The number of carbonyl (C=O) groups is 1. The maximum Gasteiger partial charge on any atom is 0.240 e. The molecule has 0 unspecified atom stereocenters. The number of nitrogens with one attached hydrogen (secondary N) is 1. The van der Waals surface area contributed by atoms with Crippen LogP contribution in [0, 0.1) is 0 Å². The number of imidazole rings is 1. The fraction of sp³-hybridized carbons (Fsp3) is 0.474. The molecule has 1 aromatic carbocycles. The van der Waals surface area contributed by atoms with E-state index in [1.165, 1.54) is 0 Å². The highest BCUT2D eigenvalue weighted by molar-refractivity contribution is 5.85. The lowest BCUT2D eigenvalue weighted by atomic mass is 9.98. The summed E-state index contributed by atoms with van der Waals surface area (Å²) in [6.07, 6.45) is 5.44. The number of rotatable bonds is 6. The van der Waals surface area contributed by atoms with E-state index in [0.29, 0.717) is 19.8 Å². The van der Waals surface area contributed by atoms with Crippen molar-refractivity contribution in [1.29, 1.82) is 0 Å². The lowest BCUT2D eigenvalue weighted by Crippen LogP contribution is -2.58. The number of hydrogen-bond donors (Lipinski definition) is 1. The van der Waals surface area contributed by atoms with Crippen LogP contribution in [0.2, 0.25) is 0 Å². The molecular weight excluding hydrogens is 316 g/mol. The van der Waals surface area contributed by atoms with Gasteiger partial charge in [-0.3, -0.25) is 9.69 Å². The smallest absolute Gasteiger partial charge is 0.240 e. The molecule has 1 amide bonds. The van der Waals surface area contributed by atoms with Gasteiger partial charge in [-0.1, -0.05) is 30.3 Å². The van der Waals surface area contributed by atoms with Crippen LogP contribution in [-0.2, 0) is 16.1 Å². The van der Waals surface area contributed by atoms with Gasteiger partial charge >= 0.3 is 0 Å². The van der Waals surface area contributed by atoms with Crippen molar-refractivity contribution < 1.29 is 9.53 Å². The van der Waals surface area contributed by atoms with Crippen LogP contribution in [0.1, 0.15) is 25.5 Å². The van der Waals surface area contributed by atoms with Crippen molar-refractivity contribution in [2.45, 2.75) is 32.0 Å². The second-order valence-corrected chi connectivity index (χ2v) is 6.85. The predicted molar refractivity (Wildman–Crippen MR) is 96.0 cm³/mol. The Bertz CT molecular complexity index is 664. The van der Waals surface area contributed by atoms with Crippen LogP contribution in [0.25, 0.3) is 0 Å². The van der Waals surface area contributed by atoms with Crippen molar-refractivity contribution >= 4 is 5.91 Å². The fourth-order valence-corrected chi connectivity index (χ4v) is 3.13. The molecule has 3 rings (SSSR count). The van der Waals surface area contributed by atoms with E-state index in [9.17, 15) is 4.79 Å². The topological polar surface area (TPSA) is 59.4 Å². The van der Waals surface area contributed by atoms with Crippen molar-refractivity contribution in [2.75, 3.05) is 26.3 Å². The van der Waals surface area contributed by atoms with Crippen molar-refractivity contribution in [3.63, 3.8) is 0 Å². The van der Waals surface area contributed by atoms with Crippen LogP contribution in [0.5, 0.6) is 0 Å². The third kappa shape index (κ3) is 4.27. The Morgan fingerprint density at radius 3 is 2.64 bits per heavy atom. The van der Waals surface area contributed by atoms with Crippen LogP contribution < -0.4 is 5.32 Å². The van der Waals surface area contributed by atoms with E-state index < -0.39 is 5.54 Å². The molecule has 2 aromatic rings. The number of amides is 1. The summed E-state index contributed by atoms with van der Waals surface area (Å²) in [6.45, 7) is 7.51. The van der Waals surface area contributed by atoms with Gasteiger partial charge in [0, 0.05) is 32.0 Å². The summed E-state index contributed by atoms with van der Waals surface area (Å²) in [5.74, 6) is 0.0309. The van der Waals surface area contributed by atoms with E-state index in [-0.39, 0.29) is 11.9 Å². The van der Waals surface area contributed by atoms with Crippen molar-refractivity contribution in [2.24, 2.45) is 0 Å². The van der Waals surface area contributed by atoms with Crippen LogP contribution in [-0.4, -0.2) is 52.2 Å². The molecule has 134 valence electrons. The molecule has 0 spiro atoms. The second-order valence-electron chi connectivity index (χ2n) is 6.85. The van der Waals surface area contributed by atoms with Gasteiger partial charge in [0.1, 0.15) is 0 Å². The lowest BCUT2D eigenvalue weighted by molar-refractivity contribution is -0.135. The second kappa shape index (κ2) is 7.80. The number of morpholine rings is 1. The summed E-state index contributed by atoms with van der Waals surface area (Å²) >= 11 is 0. The van der Waals surface area contributed by atoms with Crippen LogP contribution >= 0.6 is 0 Å². The first-order valence-corrected chi connectivity index (χ1v) is 8.72. The molecule has 6 nitrogen and oxygen atoms in total. The number of benzene rings is 1. The Balaban J connectivity index is 1.75. The van der Waals surface area contributed by atoms with E-state index in [0.717, 1.165) is 18.7 Å². The summed E-state index contributed by atoms with van der Waals surface area (Å²) in [6, 6.07) is 9.96. The quantitative estimate of drug-likeness (QED) is 0.870. The molecule has 1 fully saturated rings. The molecule has 0 radical (unpaired) electrons. The summed E-state index contributed by atoms with van der Waals surface area (Å²) in [4.78, 5) is 19.3. The van der Waals surface area contributed by atoms with Crippen LogP contribution in [0.3, 0.4) is 0 Å². The van der Waals surface area contributed by atoms with Gasteiger partial charge in [0.2, 0.25) is 5.91 Å². The molecule has 1 aliphatic rings. The molecular formula is C19H26N4O2. The summed E-state index contributed by atoms with van der Waals surface area (Å²) in [5.41, 5.74) is 0.508. The standard InChI is InChI=1S/C19H26N4O2/c1-19(2,23-10-12-25-13-11-23)18(24)21-17(14-22-9-8-20-15-22)16-6-4-3-5-7-16/h3-9,15,17H,10-14H2,1-2H3,(H,21,24)/t17-/m1/s1. The minimum atomic E-state index is -0.578. The van der Waals surface area contributed by atoms with Gasteiger partial charge in [0.25, 0.3) is 0 Å². The molecule has 1 atom stereocenters. The average Bonchev–Trinajstić information content (AvgIpc) is 3.15. The van der Waals surface area contributed by atoms with E-state index in [4.69, 9.17) is 4.74 Å². The maximum atomic E-state index is 13.1. The van der Waals surface area contributed by atoms with E-state index >= 15 is 0 Å². The third-order valence-corrected chi connectivity index (χ3v) is 4.82. The van der Waals surface area contributed by atoms with Gasteiger partial charge in [-0.2, -0.15) is 0 Å². The van der Waals surface area contributed by atoms with Crippen molar-refractivity contribution in [3.05, 3.63) is 54.6 Å². The minimum Gasteiger partial charge on any atom is -0.379 e. The number of ether oxygens (including phenoxy) is 1. The Morgan fingerprint density at radius 1 is 1.28 bits per heavy atom. The van der Waals surface area contributed by atoms with Crippen LogP contribution in [0.4, 0.5) is 0 Å². The zero-order chi connectivity index (χ0) is 17.7. The Morgan fingerprint density at radius 2 is 2.00 bits per heavy atom. The van der Waals surface area contributed by atoms with Gasteiger partial charge < -0.3 is 14.6 Å². The molecule has 1 N–H and O–H groups in total. The van der Waals surface area contributed by atoms with Crippen molar-refractivity contribution in [3.8, 4) is 0 Å². The molecule has 25 heavy (non-hydrogen) atoms. The van der Waals surface area contributed by atoms with Gasteiger partial charge in [0.15, 0.2) is 0 Å². The highest BCUT2D eigenvalue weighted by Gasteiger charge is 2.36. The molecule has 1 saturated heterocycles. The number of hydrogen-bond acceptors (Lipinski definition) is 4. The molecule has 1 aliphatic heterocycles. The first kappa shape index (κ1) is 17.6. The summed E-state index contributed by atoms with van der Waals surface area (Å²) in [5, 5.41) is 3.24. The van der Waals surface area contributed by atoms with Gasteiger partial charge in [-0.25, -0.2) is 4.98 Å². The van der Waals surface area contributed by atoms with Gasteiger partial charge in [-0.15, -0.1) is 0 Å². The minimum absolute atomic E-state index is 0.0309. The van der Waals surface area contributed by atoms with Crippen LogP contribution in [0.15, 0.2) is 49.1 Å². The predicted octanol–water partition coefficient (Wildman–Crippen LogP) is 1.85. The zero-order valence-electron chi connectivity index (χ0n) is 14.9. The number of aromatic nitrogens is 2. The number of carbonyl (C=O) groups excluding carboxylic acids is 1. The highest BCUT2D eigenvalue weighted by atomic mass is 16.5. The van der Waals surface area contributed by atoms with Gasteiger partial charge in [0.05, 0.1) is 31.1 Å². The van der Waals surface area contributed by atoms with E-state index in [1.54, 1.807) is 12.5 Å².